The summed E-state index contributed by atoms with van der Waals surface area (Å²) in [4.78, 5) is 51.5. The van der Waals surface area contributed by atoms with Crippen LogP contribution in [0.15, 0.2) is 78.4 Å². The molecule has 0 aliphatic carbocycles. The van der Waals surface area contributed by atoms with Gasteiger partial charge in [-0.05, 0) is 48.5 Å². The number of benzene rings is 3. The molecule has 0 aromatic heterocycles. The number of nitrogens with zero attached hydrogens (tertiary/aromatic N) is 1. The molecule has 0 saturated carbocycles. The zero-order valence-electron chi connectivity index (χ0n) is 20.0. The molecule has 1 fully saturated rings. The minimum absolute atomic E-state index is 0.263. The standard InChI is InChI=1S/C27H23N3O7/c1-35-19-13-11-18(12-14-19)30-26(33)20(25(32)29-27(30)34)15-17-7-3-5-9-22(17)37-16-24(31)28-21-8-4-6-10-23(21)36-2/h3-15H,16H2,1-2H3,(H,28,31)(H,29,32,34)/b20-15+. The molecule has 4 rings (SSSR count). The molecule has 5 amide bonds. The van der Waals surface area contributed by atoms with Gasteiger partial charge in [0.25, 0.3) is 17.7 Å². The Bertz CT molecular complexity index is 1380. The molecule has 0 unspecified atom stereocenters. The molecule has 0 bridgehead atoms. The predicted molar refractivity (Wildman–Crippen MR) is 136 cm³/mol. The molecule has 0 radical (unpaired) electrons. The number of methoxy groups -OCH3 is 2. The average Bonchev–Trinajstić information content (AvgIpc) is 2.91. The summed E-state index contributed by atoms with van der Waals surface area (Å²) in [5.74, 6) is -0.778. The number of anilines is 2. The maximum Gasteiger partial charge on any atom is 0.335 e. The van der Waals surface area contributed by atoms with E-state index in [1.165, 1.54) is 32.4 Å². The number of carbonyl (C=O) groups is 4. The number of rotatable bonds is 8. The van der Waals surface area contributed by atoms with E-state index in [1.807, 2.05) is 0 Å². The Kier molecular flexibility index (Phi) is 7.48. The van der Waals surface area contributed by atoms with Gasteiger partial charge in [-0.3, -0.25) is 19.7 Å². The quantitative estimate of drug-likeness (QED) is 0.358. The molecule has 1 aliphatic heterocycles. The van der Waals surface area contributed by atoms with Crippen molar-refractivity contribution in [1.29, 1.82) is 0 Å². The maximum atomic E-state index is 13.2. The van der Waals surface area contributed by atoms with Crippen LogP contribution in [0.2, 0.25) is 0 Å². The van der Waals surface area contributed by atoms with Gasteiger partial charge in [0.1, 0.15) is 22.8 Å². The number of hydrogen-bond donors (Lipinski definition) is 2. The lowest BCUT2D eigenvalue weighted by Gasteiger charge is -2.26. The van der Waals surface area contributed by atoms with Crippen molar-refractivity contribution in [2.24, 2.45) is 0 Å². The van der Waals surface area contributed by atoms with Gasteiger partial charge in [-0.2, -0.15) is 0 Å². The van der Waals surface area contributed by atoms with Crippen LogP contribution in [-0.2, 0) is 14.4 Å². The van der Waals surface area contributed by atoms with Gasteiger partial charge in [0.05, 0.1) is 25.6 Å². The first-order valence-corrected chi connectivity index (χ1v) is 11.1. The molecule has 2 N–H and O–H groups in total. The van der Waals surface area contributed by atoms with Gasteiger partial charge >= 0.3 is 6.03 Å². The van der Waals surface area contributed by atoms with Crippen LogP contribution in [0.3, 0.4) is 0 Å². The van der Waals surface area contributed by atoms with Crippen LogP contribution in [0.1, 0.15) is 5.56 Å². The second-order valence-corrected chi connectivity index (χ2v) is 7.73. The first kappa shape index (κ1) is 25.0. The number of imide groups is 2. The van der Waals surface area contributed by atoms with Gasteiger partial charge in [-0.1, -0.05) is 30.3 Å². The van der Waals surface area contributed by atoms with Crippen LogP contribution in [-0.4, -0.2) is 44.6 Å². The summed E-state index contributed by atoms with van der Waals surface area (Å²) in [6.45, 7) is -0.338. The van der Waals surface area contributed by atoms with E-state index >= 15 is 0 Å². The number of hydrogen-bond acceptors (Lipinski definition) is 7. The first-order valence-electron chi connectivity index (χ1n) is 11.1. The van der Waals surface area contributed by atoms with Crippen molar-refractivity contribution in [2.45, 2.75) is 0 Å². The highest BCUT2D eigenvalue weighted by Crippen LogP contribution is 2.27. The third-order valence-electron chi connectivity index (χ3n) is 5.39. The third kappa shape index (κ3) is 5.59. The number of ether oxygens (including phenoxy) is 3. The molecule has 1 aliphatic rings. The van der Waals surface area contributed by atoms with Gasteiger partial charge in [0, 0.05) is 5.56 Å². The molecule has 10 heteroatoms. The molecular weight excluding hydrogens is 478 g/mol. The summed E-state index contributed by atoms with van der Waals surface area (Å²) >= 11 is 0. The topological polar surface area (TPSA) is 123 Å². The van der Waals surface area contributed by atoms with E-state index in [2.05, 4.69) is 10.6 Å². The molecule has 10 nitrogen and oxygen atoms in total. The van der Waals surface area contributed by atoms with Crippen molar-refractivity contribution in [3.8, 4) is 17.2 Å². The second kappa shape index (κ2) is 11.1. The van der Waals surface area contributed by atoms with Crippen LogP contribution in [0.25, 0.3) is 6.08 Å². The van der Waals surface area contributed by atoms with Crippen molar-refractivity contribution in [3.63, 3.8) is 0 Å². The highest BCUT2D eigenvalue weighted by molar-refractivity contribution is 6.39. The van der Waals surface area contributed by atoms with E-state index in [-0.39, 0.29) is 23.6 Å². The van der Waals surface area contributed by atoms with Crippen molar-refractivity contribution in [2.75, 3.05) is 31.0 Å². The fourth-order valence-electron chi connectivity index (χ4n) is 3.59. The predicted octanol–water partition coefficient (Wildman–Crippen LogP) is 3.39. The molecule has 37 heavy (non-hydrogen) atoms. The van der Waals surface area contributed by atoms with Crippen LogP contribution >= 0.6 is 0 Å². The van der Waals surface area contributed by atoms with Crippen molar-refractivity contribution in [3.05, 3.63) is 83.9 Å². The van der Waals surface area contributed by atoms with E-state index in [1.54, 1.807) is 60.7 Å². The fourth-order valence-corrected chi connectivity index (χ4v) is 3.59. The Morgan fingerprint density at radius 1 is 0.892 bits per heavy atom. The summed E-state index contributed by atoms with van der Waals surface area (Å²) in [6, 6.07) is 18.9. The zero-order valence-corrected chi connectivity index (χ0v) is 20.0. The third-order valence-corrected chi connectivity index (χ3v) is 5.39. The minimum Gasteiger partial charge on any atom is -0.497 e. The van der Waals surface area contributed by atoms with E-state index in [9.17, 15) is 19.2 Å². The maximum absolute atomic E-state index is 13.2. The number of barbiturate groups is 1. The molecule has 0 atom stereocenters. The largest absolute Gasteiger partial charge is 0.497 e. The lowest BCUT2D eigenvalue weighted by Crippen LogP contribution is -2.54. The van der Waals surface area contributed by atoms with E-state index < -0.39 is 23.8 Å². The van der Waals surface area contributed by atoms with Gasteiger partial charge in [-0.15, -0.1) is 0 Å². The van der Waals surface area contributed by atoms with Gasteiger partial charge in [0.2, 0.25) is 0 Å². The Morgan fingerprint density at radius 3 is 2.27 bits per heavy atom. The van der Waals surface area contributed by atoms with Gasteiger partial charge in [-0.25, -0.2) is 9.69 Å². The summed E-state index contributed by atoms with van der Waals surface area (Å²) in [5.41, 5.74) is 0.848. The monoisotopic (exact) mass is 501 g/mol. The number of carbonyl (C=O) groups excluding carboxylic acids is 4. The van der Waals surface area contributed by atoms with E-state index in [4.69, 9.17) is 14.2 Å². The lowest BCUT2D eigenvalue weighted by atomic mass is 10.1. The first-order chi connectivity index (χ1) is 17.9. The Hall–Kier alpha value is -5.12. The van der Waals surface area contributed by atoms with Crippen molar-refractivity contribution < 1.29 is 33.4 Å². The summed E-state index contributed by atoms with van der Waals surface area (Å²) < 4.78 is 16.0. The molecule has 3 aromatic carbocycles. The fraction of sp³-hybridized carbons (Fsp3) is 0.111. The lowest BCUT2D eigenvalue weighted by molar-refractivity contribution is -0.122. The average molecular weight is 501 g/mol. The highest BCUT2D eigenvalue weighted by Gasteiger charge is 2.37. The Morgan fingerprint density at radius 2 is 1.57 bits per heavy atom. The number of amides is 5. The SMILES string of the molecule is COc1ccc(N2C(=O)NC(=O)/C(=C\c3ccccc3OCC(=O)Nc3ccccc3OC)C2=O)cc1. The second-order valence-electron chi connectivity index (χ2n) is 7.73. The van der Waals surface area contributed by atoms with Gasteiger partial charge in [0.15, 0.2) is 6.61 Å². The summed E-state index contributed by atoms with van der Waals surface area (Å²) in [6.07, 6.45) is 1.31. The van der Waals surface area contributed by atoms with E-state index in [0.717, 1.165) is 4.90 Å². The minimum atomic E-state index is -0.866. The smallest absolute Gasteiger partial charge is 0.335 e. The number of para-hydroxylation sites is 3. The molecule has 1 heterocycles. The zero-order chi connectivity index (χ0) is 26.4. The normalized spacial score (nSPS) is 14.3. The van der Waals surface area contributed by atoms with Crippen LogP contribution < -0.4 is 29.7 Å². The van der Waals surface area contributed by atoms with Crippen molar-refractivity contribution in [1.82, 2.24) is 5.32 Å². The van der Waals surface area contributed by atoms with Crippen LogP contribution in [0.5, 0.6) is 17.2 Å². The molecular formula is C27H23N3O7. The number of urea groups is 1. The van der Waals surface area contributed by atoms with Crippen LogP contribution in [0.4, 0.5) is 16.2 Å². The molecule has 188 valence electrons. The molecule has 0 spiro atoms. The molecule has 1 saturated heterocycles. The summed E-state index contributed by atoms with van der Waals surface area (Å²) in [5, 5.41) is 4.88. The summed E-state index contributed by atoms with van der Waals surface area (Å²) in [7, 11) is 2.99. The van der Waals surface area contributed by atoms with Crippen molar-refractivity contribution >= 4 is 41.2 Å². The molecule has 3 aromatic rings. The van der Waals surface area contributed by atoms with Crippen LogP contribution in [0, 0.1) is 0 Å². The highest BCUT2D eigenvalue weighted by atomic mass is 16.5. The van der Waals surface area contributed by atoms with E-state index in [0.29, 0.717) is 22.7 Å². The van der Waals surface area contributed by atoms with Gasteiger partial charge < -0.3 is 19.5 Å². The number of nitrogens with one attached hydrogen (secondary N) is 2. The Labute approximate surface area is 212 Å². The Balaban J connectivity index is 1.54.